The fourth-order valence-corrected chi connectivity index (χ4v) is 7.70. The summed E-state index contributed by atoms with van der Waals surface area (Å²) in [6, 6.07) is 13.6. The van der Waals surface area contributed by atoms with Crippen LogP contribution in [0.3, 0.4) is 0 Å². The smallest absolute Gasteiger partial charge is 0.274 e. The Morgan fingerprint density at radius 1 is 0.907 bits per heavy atom. The fraction of sp³-hybridized carbons (Fsp3) is 0.500. The van der Waals surface area contributed by atoms with Crippen LogP contribution in [0.15, 0.2) is 65.8 Å². The molecule has 3 aromatic heterocycles. The highest BCUT2D eigenvalue weighted by atomic mass is 16.5. The number of amides is 3. The van der Waals surface area contributed by atoms with Crippen molar-refractivity contribution in [1.82, 2.24) is 24.2 Å². The molecule has 1 unspecified atom stereocenters. The van der Waals surface area contributed by atoms with Gasteiger partial charge >= 0.3 is 0 Å². The Bertz CT molecular complexity index is 2020. The van der Waals surface area contributed by atoms with Gasteiger partial charge in [0.1, 0.15) is 22.8 Å². The highest BCUT2D eigenvalue weighted by Crippen LogP contribution is 2.35. The number of nitrogens with one attached hydrogen (secondary N) is 2. The molecule has 286 valence electrons. The van der Waals surface area contributed by atoms with E-state index in [0.29, 0.717) is 41.7 Å². The van der Waals surface area contributed by atoms with Crippen molar-refractivity contribution in [2.45, 2.75) is 115 Å². The molecule has 2 saturated carbocycles. The molecule has 2 saturated heterocycles. The number of nitrogens with zero attached hydrogens (tertiary/aromatic N) is 4. The molecule has 0 spiro atoms. The Labute approximate surface area is 316 Å². The average molecular weight is 737 g/mol. The molecule has 2 aliphatic carbocycles. The minimum atomic E-state index is -0.563. The second-order valence-corrected chi connectivity index (χ2v) is 15.5. The lowest BCUT2D eigenvalue weighted by Gasteiger charge is -2.29. The van der Waals surface area contributed by atoms with Gasteiger partial charge in [-0.2, -0.15) is 0 Å². The largest absolute Gasteiger partial charge is 0.490 e. The molecule has 4 aliphatic rings. The molecular weight excluding hydrogens is 684 g/mol. The number of ether oxygens (including phenoxy) is 2. The lowest BCUT2D eigenvalue weighted by Crippen LogP contribution is -2.46. The molecule has 3 amide bonds. The van der Waals surface area contributed by atoms with Crippen molar-refractivity contribution in [1.29, 1.82) is 0 Å². The van der Waals surface area contributed by atoms with E-state index in [9.17, 15) is 19.2 Å². The van der Waals surface area contributed by atoms with Crippen molar-refractivity contribution in [3.8, 4) is 11.5 Å². The van der Waals surface area contributed by atoms with E-state index in [1.54, 1.807) is 29.1 Å². The highest BCUT2D eigenvalue weighted by molar-refractivity contribution is 6.06. The summed E-state index contributed by atoms with van der Waals surface area (Å²) in [6.45, 7) is 6.13. The molecule has 2 N–H and O–H groups in total. The second kappa shape index (κ2) is 16.6. The van der Waals surface area contributed by atoms with E-state index >= 15 is 0 Å². The third kappa shape index (κ3) is 9.03. The third-order valence-corrected chi connectivity index (χ3v) is 10.9. The summed E-state index contributed by atoms with van der Waals surface area (Å²) in [7, 11) is 2.16. The number of imidazole rings is 1. The van der Waals surface area contributed by atoms with Crippen LogP contribution in [0.5, 0.6) is 11.5 Å². The zero-order valence-corrected chi connectivity index (χ0v) is 31.6. The van der Waals surface area contributed by atoms with Crippen molar-refractivity contribution in [2.24, 2.45) is 0 Å². The van der Waals surface area contributed by atoms with Crippen LogP contribution in [-0.2, 0) is 9.59 Å². The van der Waals surface area contributed by atoms with E-state index in [4.69, 9.17) is 14.5 Å². The Morgan fingerprint density at radius 2 is 1.65 bits per heavy atom. The number of pyridine rings is 2. The quantitative estimate of drug-likeness (QED) is 0.184. The molecule has 0 radical (unpaired) electrons. The normalized spacial score (nSPS) is 20.0. The van der Waals surface area contributed by atoms with Crippen LogP contribution in [0.1, 0.15) is 124 Å². The number of carbonyl (C=O) groups excluding carboxylic acids is 3. The molecule has 12 nitrogen and oxygen atoms in total. The van der Waals surface area contributed by atoms with Gasteiger partial charge in [0, 0.05) is 49.5 Å². The van der Waals surface area contributed by atoms with E-state index in [-0.39, 0.29) is 41.1 Å². The summed E-state index contributed by atoms with van der Waals surface area (Å²) in [5.41, 5.74) is 3.69. The predicted molar refractivity (Wildman–Crippen MR) is 206 cm³/mol. The molecule has 8 rings (SSSR count). The number of hydrogen-bond acceptors (Lipinski definition) is 8. The minimum absolute atomic E-state index is 0.0967. The van der Waals surface area contributed by atoms with E-state index in [1.165, 1.54) is 37.7 Å². The number of carbonyl (C=O) groups is 3. The molecule has 4 fully saturated rings. The van der Waals surface area contributed by atoms with Crippen molar-refractivity contribution in [2.75, 3.05) is 25.5 Å². The maximum absolute atomic E-state index is 13.2. The van der Waals surface area contributed by atoms with Gasteiger partial charge in [-0.15, -0.1) is 0 Å². The van der Waals surface area contributed by atoms with Gasteiger partial charge in [0.25, 0.3) is 17.4 Å². The fourth-order valence-electron chi connectivity index (χ4n) is 7.70. The molecule has 12 heteroatoms. The van der Waals surface area contributed by atoms with E-state index in [0.717, 1.165) is 50.1 Å². The maximum Gasteiger partial charge on any atom is 0.274 e. The molecule has 54 heavy (non-hydrogen) atoms. The predicted octanol–water partition coefficient (Wildman–Crippen LogP) is 6.60. The maximum atomic E-state index is 13.2. The zero-order chi connectivity index (χ0) is 37.8. The summed E-state index contributed by atoms with van der Waals surface area (Å²) >= 11 is 0. The first kappa shape index (κ1) is 37.3. The standard InChI is InChI=1S/C25H30N4O3.C17H22N2O3/c1-16(2)32-22-13-23-26-21(17-7-4-3-5-8-17)15-28(23)14-19(22)24(30)27-20-9-6-12-29(25(20)31)18-10-11-18;1-19-10-8-13(9-11-19)12-2-4-14(5-3-12)22-15-6-7-16(20)18-17(15)21/h6,9,12-18H,3-5,7-8,10-11H2,1-2H3,(H,27,30);2-5,13,15H,6-11H2,1H3,(H,18,20,21). The van der Waals surface area contributed by atoms with Gasteiger partial charge in [-0.3, -0.25) is 24.5 Å². The van der Waals surface area contributed by atoms with Gasteiger partial charge in [-0.25, -0.2) is 4.98 Å². The lowest BCUT2D eigenvalue weighted by molar-refractivity contribution is -0.138. The zero-order valence-electron chi connectivity index (χ0n) is 31.6. The number of rotatable bonds is 9. The summed E-state index contributed by atoms with van der Waals surface area (Å²) in [5.74, 6) is 1.33. The van der Waals surface area contributed by atoms with E-state index in [2.05, 4.69) is 34.7 Å². The van der Waals surface area contributed by atoms with Gasteiger partial charge in [0.05, 0.1) is 17.4 Å². The van der Waals surface area contributed by atoms with Gasteiger partial charge in [-0.05, 0) is 108 Å². The number of hydrogen-bond donors (Lipinski definition) is 2. The number of benzene rings is 1. The Morgan fingerprint density at radius 3 is 2.33 bits per heavy atom. The highest BCUT2D eigenvalue weighted by Gasteiger charge is 2.29. The van der Waals surface area contributed by atoms with Gasteiger partial charge in [-0.1, -0.05) is 31.4 Å². The summed E-state index contributed by atoms with van der Waals surface area (Å²) < 4.78 is 15.3. The average Bonchev–Trinajstić information content (AvgIpc) is 3.93. The van der Waals surface area contributed by atoms with Gasteiger partial charge in [0.15, 0.2) is 6.10 Å². The number of aromatic nitrogens is 3. The molecule has 1 atom stereocenters. The minimum Gasteiger partial charge on any atom is -0.490 e. The number of anilines is 1. The van der Waals surface area contributed by atoms with E-state index < -0.39 is 6.10 Å². The SMILES string of the molecule is CC(C)Oc1cc2nc(C3CCCCC3)cn2cc1C(=O)Nc1cccn(C2CC2)c1=O.CN1CCC(c2ccc(OC3CCC(=O)NC3=O)cc2)CC1. The number of fused-ring (bicyclic) bond motifs is 1. The first-order valence-electron chi connectivity index (χ1n) is 19.6. The van der Waals surface area contributed by atoms with Crippen LogP contribution in [0.4, 0.5) is 5.69 Å². The molecule has 0 bridgehead atoms. The topological polar surface area (TPSA) is 136 Å². The second-order valence-electron chi connectivity index (χ2n) is 15.5. The molecule has 5 heterocycles. The van der Waals surface area contributed by atoms with E-state index in [1.807, 2.05) is 42.6 Å². The van der Waals surface area contributed by atoms with Crippen LogP contribution in [-0.4, -0.2) is 68.9 Å². The van der Waals surface area contributed by atoms with Crippen LogP contribution < -0.4 is 25.7 Å². The Kier molecular flexibility index (Phi) is 11.5. The van der Waals surface area contributed by atoms with Crippen molar-refractivity contribution < 1.29 is 23.9 Å². The Hall–Kier alpha value is -4.97. The monoisotopic (exact) mass is 736 g/mol. The number of piperidine rings is 2. The van der Waals surface area contributed by atoms with Crippen LogP contribution in [0.2, 0.25) is 0 Å². The number of imide groups is 1. The van der Waals surface area contributed by atoms with Crippen LogP contribution in [0.25, 0.3) is 5.65 Å². The summed E-state index contributed by atoms with van der Waals surface area (Å²) in [6.07, 6.45) is 16.2. The first-order valence-corrected chi connectivity index (χ1v) is 19.6. The Balaban J connectivity index is 0.000000179. The molecular formula is C42H52N6O6. The van der Waals surface area contributed by atoms with Crippen molar-refractivity contribution in [3.05, 3.63) is 88.2 Å². The van der Waals surface area contributed by atoms with Crippen LogP contribution in [0, 0.1) is 0 Å². The molecule has 4 aromatic rings. The van der Waals surface area contributed by atoms with Crippen LogP contribution >= 0.6 is 0 Å². The van der Waals surface area contributed by atoms with Gasteiger partial charge in [0.2, 0.25) is 5.91 Å². The summed E-state index contributed by atoms with van der Waals surface area (Å²) in [4.78, 5) is 56.0. The van der Waals surface area contributed by atoms with Crippen molar-refractivity contribution >= 4 is 29.1 Å². The summed E-state index contributed by atoms with van der Waals surface area (Å²) in [5, 5.41) is 5.12. The number of likely N-dealkylation sites (tertiary alicyclic amines) is 1. The molecule has 2 aliphatic heterocycles. The molecule has 1 aromatic carbocycles. The van der Waals surface area contributed by atoms with Crippen molar-refractivity contribution in [3.63, 3.8) is 0 Å². The first-order chi connectivity index (χ1) is 26.1. The third-order valence-electron chi connectivity index (χ3n) is 10.9. The lowest BCUT2D eigenvalue weighted by atomic mass is 9.87. The van der Waals surface area contributed by atoms with Gasteiger partial charge < -0.3 is 28.7 Å².